The summed E-state index contributed by atoms with van der Waals surface area (Å²) in [4.78, 5) is 41.2. The number of carbonyl (C=O) groups is 2. The van der Waals surface area contributed by atoms with E-state index in [9.17, 15) is 18.8 Å². The number of piperazine rings is 1. The molecular weight excluding hydrogens is 411 g/mol. The highest BCUT2D eigenvalue weighted by atomic mass is 19.1. The quantitative estimate of drug-likeness (QED) is 0.633. The van der Waals surface area contributed by atoms with Crippen molar-refractivity contribution < 1.29 is 14.0 Å². The van der Waals surface area contributed by atoms with Crippen LogP contribution >= 0.6 is 0 Å². The van der Waals surface area contributed by atoms with Gasteiger partial charge in [0.1, 0.15) is 11.5 Å². The number of rotatable bonds is 4. The van der Waals surface area contributed by atoms with Gasteiger partial charge in [-0.1, -0.05) is 19.1 Å². The summed E-state index contributed by atoms with van der Waals surface area (Å²) < 4.78 is 14.3. The standard InChI is InChI=1S/C24H23FN4O3/c1-2-17-3-5-18(6-4-17)23(31)27-13-15-28(16-14-27)24(32)21-11-12-22(30)29(26-21)20-9-7-19(25)8-10-20/h3-12H,2,13-16H2,1H3. The molecule has 2 amide bonds. The number of hydrogen-bond acceptors (Lipinski definition) is 4. The van der Waals surface area contributed by atoms with E-state index in [4.69, 9.17) is 0 Å². The normalized spacial score (nSPS) is 13.8. The van der Waals surface area contributed by atoms with Crippen molar-refractivity contribution in [1.29, 1.82) is 0 Å². The van der Waals surface area contributed by atoms with Crippen LogP contribution in [-0.4, -0.2) is 57.6 Å². The monoisotopic (exact) mass is 434 g/mol. The zero-order valence-electron chi connectivity index (χ0n) is 17.7. The summed E-state index contributed by atoms with van der Waals surface area (Å²) in [5, 5.41) is 4.18. The number of carbonyl (C=O) groups excluding carboxylic acids is 2. The Balaban J connectivity index is 1.44. The van der Waals surface area contributed by atoms with Crippen LogP contribution in [-0.2, 0) is 6.42 Å². The minimum absolute atomic E-state index is 0.0530. The first kappa shape index (κ1) is 21.4. The summed E-state index contributed by atoms with van der Waals surface area (Å²) in [6.07, 6.45) is 0.914. The Morgan fingerprint density at radius 1 is 0.844 bits per heavy atom. The Bertz CT molecular complexity index is 1180. The maximum atomic E-state index is 13.2. The summed E-state index contributed by atoms with van der Waals surface area (Å²) in [5.41, 5.74) is 1.87. The highest BCUT2D eigenvalue weighted by molar-refractivity contribution is 5.95. The molecule has 0 aliphatic carbocycles. The lowest BCUT2D eigenvalue weighted by Gasteiger charge is -2.34. The summed E-state index contributed by atoms with van der Waals surface area (Å²) in [7, 11) is 0. The zero-order valence-corrected chi connectivity index (χ0v) is 17.7. The number of benzene rings is 2. The van der Waals surface area contributed by atoms with Crippen molar-refractivity contribution in [2.24, 2.45) is 0 Å². The lowest BCUT2D eigenvalue weighted by Crippen LogP contribution is -2.50. The molecule has 0 bridgehead atoms. The first-order chi connectivity index (χ1) is 15.5. The SMILES string of the molecule is CCc1ccc(C(=O)N2CCN(C(=O)c3ccc(=O)n(-c4ccc(F)cc4)n3)CC2)cc1. The van der Waals surface area contributed by atoms with Crippen molar-refractivity contribution in [3.8, 4) is 5.69 Å². The molecule has 1 fully saturated rings. The van der Waals surface area contributed by atoms with E-state index >= 15 is 0 Å². The van der Waals surface area contributed by atoms with Crippen LogP contribution in [0.25, 0.3) is 5.69 Å². The van der Waals surface area contributed by atoms with Crippen molar-refractivity contribution in [2.75, 3.05) is 26.2 Å². The number of hydrogen-bond donors (Lipinski definition) is 0. The van der Waals surface area contributed by atoms with E-state index in [0.717, 1.165) is 11.1 Å². The van der Waals surface area contributed by atoms with Gasteiger partial charge in [-0.15, -0.1) is 0 Å². The highest BCUT2D eigenvalue weighted by Crippen LogP contribution is 2.13. The second-order valence-corrected chi connectivity index (χ2v) is 7.58. The van der Waals surface area contributed by atoms with Gasteiger partial charge in [0.05, 0.1) is 5.69 Å². The molecule has 8 heteroatoms. The lowest BCUT2D eigenvalue weighted by atomic mass is 10.1. The van der Waals surface area contributed by atoms with Gasteiger partial charge < -0.3 is 9.80 Å². The molecule has 1 aromatic heterocycles. The van der Waals surface area contributed by atoms with E-state index in [1.54, 1.807) is 9.80 Å². The Kier molecular flexibility index (Phi) is 6.11. The molecule has 4 rings (SSSR count). The largest absolute Gasteiger partial charge is 0.335 e. The first-order valence-electron chi connectivity index (χ1n) is 10.5. The van der Waals surface area contributed by atoms with Gasteiger partial charge >= 0.3 is 0 Å². The molecule has 0 N–H and O–H groups in total. The van der Waals surface area contributed by atoms with E-state index in [2.05, 4.69) is 12.0 Å². The van der Waals surface area contributed by atoms with Crippen LogP contribution in [0.3, 0.4) is 0 Å². The zero-order chi connectivity index (χ0) is 22.7. The first-order valence-corrected chi connectivity index (χ1v) is 10.5. The Morgan fingerprint density at radius 2 is 1.44 bits per heavy atom. The van der Waals surface area contributed by atoms with E-state index in [1.807, 2.05) is 24.3 Å². The molecule has 2 heterocycles. The van der Waals surface area contributed by atoms with Gasteiger partial charge in [-0.2, -0.15) is 9.78 Å². The summed E-state index contributed by atoms with van der Waals surface area (Å²) >= 11 is 0. The van der Waals surface area contributed by atoms with E-state index < -0.39 is 11.4 Å². The third-order valence-electron chi connectivity index (χ3n) is 5.55. The van der Waals surface area contributed by atoms with Gasteiger partial charge in [-0.3, -0.25) is 14.4 Å². The van der Waals surface area contributed by atoms with Gasteiger partial charge in [-0.05, 0) is 54.4 Å². The average molecular weight is 434 g/mol. The maximum absolute atomic E-state index is 13.2. The van der Waals surface area contributed by atoms with Crippen LogP contribution in [0.15, 0.2) is 65.5 Å². The van der Waals surface area contributed by atoms with E-state index in [1.165, 1.54) is 42.0 Å². The molecule has 2 aromatic carbocycles. The number of nitrogens with zero attached hydrogens (tertiary/aromatic N) is 4. The Morgan fingerprint density at radius 3 is 2.03 bits per heavy atom. The number of amides is 2. The molecule has 1 aliphatic heterocycles. The van der Waals surface area contributed by atoms with Gasteiger partial charge in [0.15, 0.2) is 0 Å². The predicted molar refractivity (Wildman–Crippen MR) is 117 cm³/mol. The van der Waals surface area contributed by atoms with Gasteiger partial charge in [0.25, 0.3) is 17.4 Å². The molecule has 0 saturated carbocycles. The Hall–Kier alpha value is -3.81. The highest BCUT2D eigenvalue weighted by Gasteiger charge is 2.26. The number of halogens is 1. The predicted octanol–water partition coefficient (Wildman–Crippen LogP) is 2.53. The summed E-state index contributed by atoms with van der Waals surface area (Å²) in [5.74, 6) is -0.800. The minimum atomic E-state index is -0.428. The second kappa shape index (κ2) is 9.13. The van der Waals surface area contributed by atoms with Crippen LogP contribution < -0.4 is 5.56 Å². The van der Waals surface area contributed by atoms with Crippen LogP contribution in [0.2, 0.25) is 0 Å². The number of aryl methyl sites for hydroxylation is 1. The summed E-state index contributed by atoms with van der Waals surface area (Å²) in [6, 6.07) is 15.5. The molecule has 7 nitrogen and oxygen atoms in total. The molecule has 1 aliphatic rings. The fourth-order valence-electron chi connectivity index (χ4n) is 3.63. The smallest absolute Gasteiger partial charge is 0.274 e. The molecule has 0 unspecified atom stereocenters. The van der Waals surface area contributed by atoms with Gasteiger partial charge in [0, 0.05) is 37.8 Å². The lowest BCUT2D eigenvalue weighted by molar-refractivity contribution is 0.0531. The molecular formula is C24H23FN4O3. The summed E-state index contributed by atoms with van der Waals surface area (Å²) in [6.45, 7) is 3.63. The van der Waals surface area contributed by atoms with E-state index in [-0.39, 0.29) is 17.5 Å². The topological polar surface area (TPSA) is 75.5 Å². The van der Waals surface area contributed by atoms with Crippen molar-refractivity contribution in [3.05, 3.63) is 93.7 Å². The van der Waals surface area contributed by atoms with Crippen LogP contribution in [0.1, 0.15) is 33.3 Å². The maximum Gasteiger partial charge on any atom is 0.274 e. The van der Waals surface area contributed by atoms with Crippen molar-refractivity contribution in [1.82, 2.24) is 19.6 Å². The van der Waals surface area contributed by atoms with Crippen molar-refractivity contribution in [2.45, 2.75) is 13.3 Å². The molecule has 32 heavy (non-hydrogen) atoms. The van der Waals surface area contributed by atoms with Gasteiger partial charge in [0.2, 0.25) is 0 Å². The Labute approximate surface area is 184 Å². The fraction of sp³-hybridized carbons (Fsp3) is 0.250. The van der Waals surface area contributed by atoms with Crippen molar-refractivity contribution in [3.63, 3.8) is 0 Å². The van der Waals surface area contributed by atoms with Crippen LogP contribution in [0.5, 0.6) is 0 Å². The molecule has 164 valence electrons. The van der Waals surface area contributed by atoms with Crippen LogP contribution in [0, 0.1) is 5.82 Å². The molecule has 0 spiro atoms. The van der Waals surface area contributed by atoms with Gasteiger partial charge in [-0.25, -0.2) is 4.39 Å². The third-order valence-corrected chi connectivity index (χ3v) is 5.55. The second-order valence-electron chi connectivity index (χ2n) is 7.58. The van der Waals surface area contributed by atoms with Crippen molar-refractivity contribution >= 4 is 11.8 Å². The third kappa shape index (κ3) is 4.44. The van der Waals surface area contributed by atoms with Crippen LogP contribution in [0.4, 0.5) is 4.39 Å². The van der Waals surface area contributed by atoms with E-state index in [0.29, 0.717) is 37.4 Å². The number of aromatic nitrogens is 2. The molecule has 3 aromatic rings. The fourth-order valence-corrected chi connectivity index (χ4v) is 3.63. The molecule has 0 radical (unpaired) electrons. The molecule has 1 saturated heterocycles. The average Bonchev–Trinajstić information content (AvgIpc) is 2.84. The minimum Gasteiger partial charge on any atom is -0.335 e. The molecule has 0 atom stereocenters.